The molecule has 0 aromatic carbocycles. The Bertz CT molecular complexity index is 296. The van der Waals surface area contributed by atoms with Gasteiger partial charge in [0.05, 0.1) is 0 Å². The highest BCUT2D eigenvalue weighted by Gasteiger charge is 2.34. The maximum atomic E-state index is 11.9. The van der Waals surface area contributed by atoms with Crippen LogP contribution in [0, 0.1) is 0 Å². The van der Waals surface area contributed by atoms with Gasteiger partial charge in [0.2, 0.25) is 5.91 Å². The lowest BCUT2D eigenvalue weighted by Crippen LogP contribution is -2.51. The first-order chi connectivity index (χ1) is 7.85. The lowest BCUT2D eigenvalue weighted by atomic mass is 10.0. The second-order valence-electron chi connectivity index (χ2n) is 5.12. The molecule has 1 rings (SSSR count). The van der Waals surface area contributed by atoms with Gasteiger partial charge in [-0.3, -0.25) is 4.79 Å². The Morgan fingerprint density at radius 3 is 2.29 bits per heavy atom. The topological polar surface area (TPSA) is 60.9 Å². The van der Waals surface area contributed by atoms with Gasteiger partial charge >= 0.3 is 5.97 Å². The molecule has 17 heavy (non-hydrogen) atoms. The molecule has 1 amide bonds. The molecule has 1 fully saturated rings. The summed E-state index contributed by atoms with van der Waals surface area (Å²) >= 11 is 0. The van der Waals surface area contributed by atoms with Gasteiger partial charge in [0.25, 0.3) is 0 Å². The van der Waals surface area contributed by atoms with Crippen LogP contribution in [0.15, 0.2) is 0 Å². The van der Waals surface area contributed by atoms with E-state index in [0.29, 0.717) is 6.42 Å². The van der Waals surface area contributed by atoms with Crippen LogP contribution in [-0.2, 0) is 9.59 Å². The third-order valence-corrected chi connectivity index (χ3v) is 3.58. The number of carbonyl (C=O) groups excluding carboxylic acids is 1. The van der Waals surface area contributed by atoms with Crippen LogP contribution < -0.4 is 0 Å². The Balaban J connectivity index is 2.43. The third kappa shape index (κ3) is 3.43. The fourth-order valence-electron chi connectivity index (χ4n) is 1.88. The molecule has 0 bridgehead atoms. The van der Waals surface area contributed by atoms with E-state index in [1.165, 1.54) is 17.7 Å². The van der Waals surface area contributed by atoms with Gasteiger partial charge in [-0.05, 0) is 39.8 Å². The molecule has 0 atom stereocenters. The average molecular weight is 242 g/mol. The highest BCUT2D eigenvalue weighted by Crippen LogP contribution is 2.14. The van der Waals surface area contributed by atoms with Crippen molar-refractivity contribution in [3.8, 4) is 0 Å². The first kappa shape index (κ1) is 14.0. The van der Waals surface area contributed by atoms with E-state index in [1.807, 2.05) is 0 Å². The van der Waals surface area contributed by atoms with Crippen molar-refractivity contribution in [2.75, 3.05) is 26.7 Å². The fraction of sp³-hybridized carbons (Fsp3) is 0.833. The van der Waals surface area contributed by atoms with Crippen LogP contribution >= 0.6 is 0 Å². The SMILES string of the molecule is CN(C(=O)CCN1CCCC1)C(C)(C)C(=O)O. The molecule has 0 aromatic rings. The van der Waals surface area contributed by atoms with Gasteiger partial charge in [0.1, 0.15) is 5.54 Å². The summed E-state index contributed by atoms with van der Waals surface area (Å²) in [5, 5.41) is 9.04. The van der Waals surface area contributed by atoms with Gasteiger partial charge in [-0.15, -0.1) is 0 Å². The smallest absolute Gasteiger partial charge is 0.329 e. The van der Waals surface area contributed by atoms with Crippen molar-refractivity contribution in [2.45, 2.75) is 38.6 Å². The van der Waals surface area contributed by atoms with Crippen LogP contribution in [0.2, 0.25) is 0 Å². The minimum Gasteiger partial charge on any atom is -0.480 e. The van der Waals surface area contributed by atoms with Crippen molar-refractivity contribution < 1.29 is 14.7 Å². The van der Waals surface area contributed by atoms with E-state index in [4.69, 9.17) is 5.11 Å². The summed E-state index contributed by atoms with van der Waals surface area (Å²) in [7, 11) is 1.56. The highest BCUT2D eigenvalue weighted by molar-refractivity contribution is 5.86. The largest absolute Gasteiger partial charge is 0.480 e. The number of carboxylic acid groups (broad SMARTS) is 1. The number of aliphatic carboxylic acids is 1. The molecule has 1 saturated heterocycles. The summed E-state index contributed by atoms with van der Waals surface area (Å²) in [5.41, 5.74) is -1.14. The van der Waals surface area contributed by atoms with E-state index in [2.05, 4.69) is 4.90 Å². The van der Waals surface area contributed by atoms with Crippen molar-refractivity contribution >= 4 is 11.9 Å². The van der Waals surface area contributed by atoms with Crippen molar-refractivity contribution in [1.82, 2.24) is 9.80 Å². The number of amides is 1. The Hall–Kier alpha value is -1.10. The summed E-state index contributed by atoms with van der Waals surface area (Å²) in [4.78, 5) is 26.5. The monoisotopic (exact) mass is 242 g/mol. The van der Waals surface area contributed by atoms with Gasteiger partial charge in [-0.1, -0.05) is 0 Å². The van der Waals surface area contributed by atoms with Crippen molar-refractivity contribution in [1.29, 1.82) is 0 Å². The number of hydrogen-bond acceptors (Lipinski definition) is 3. The lowest BCUT2D eigenvalue weighted by Gasteiger charge is -2.32. The van der Waals surface area contributed by atoms with Crippen molar-refractivity contribution in [2.24, 2.45) is 0 Å². The summed E-state index contributed by atoms with van der Waals surface area (Å²) < 4.78 is 0. The van der Waals surface area contributed by atoms with Crippen LogP contribution in [0.3, 0.4) is 0 Å². The number of carboxylic acids is 1. The summed E-state index contributed by atoms with van der Waals surface area (Å²) in [6.45, 7) is 5.93. The molecule has 1 aliphatic rings. The summed E-state index contributed by atoms with van der Waals surface area (Å²) in [6.07, 6.45) is 2.79. The predicted octanol–water partition coefficient (Wildman–Crippen LogP) is 0.794. The molecular formula is C12H22N2O3. The van der Waals surface area contributed by atoms with E-state index in [-0.39, 0.29) is 5.91 Å². The summed E-state index contributed by atoms with van der Waals surface area (Å²) in [6, 6.07) is 0. The van der Waals surface area contributed by atoms with E-state index in [0.717, 1.165) is 19.6 Å². The van der Waals surface area contributed by atoms with E-state index in [1.54, 1.807) is 20.9 Å². The lowest BCUT2D eigenvalue weighted by molar-refractivity contribution is -0.155. The number of nitrogens with zero attached hydrogens (tertiary/aromatic N) is 2. The van der Waals surface area contributed by atoms with E-state index < -0.39 is 11.5 Å². The van der Waals surface area contributed by atoms with Crippen LogP contribution in [0.4, 0.5) is 0 Å². The first-order valence-electron chi connectivity index (χ1n) is 6.08. The number of likely N-dealkylation sites (N-methyl/N-ethyl adjacent to an activating group) is 1. The van der Waals surface area contributed by atoms with Crippen LogP contribution in [-0.4, -0.2) is 59.0 Å². The zero-order chi connectivity index (χ0) is 13.1. The number of likely N-dealkylation sites (tertiary alicyclic amines) is 1. The Morgan fingerprint density at radius 1 is 1.29 bits per heavy atom. The third-order valence-electron chi connectivity index (χ3n) is 3.58. The van der Waals surface area contributed by atoms with Gasteiger partial charge < -0.3 is 14.9 Å². The Kier molecular flexibility index (Phi) is 4.51. The molecule has 0 aromatic heterocycles. The molecule has 5 heteroatoms. The van der Waals surface area contributed by atoms with Gasteiger partial charge in [-0.2, -0.15) is 0 Å². The maximum Gasteiger partial charge on any atom is 0.329 e. The molecule has 1 heterocycles. The maximum absolute atomic E-state index is 11.9. The Labute approximate surface area is 102 Å². The number of rotatable bonds is 5. The van der Waals surface area contributed by atoms with Crippen molar-refractivity contribution in [3.63, 3.8) is 0 Å². The molecule has 0 saturated carbocycles. The highest BCUT2D eigenvalue weighted by atomic mass is 16.4. The first-order valence-corrected chi connectivity index (χ1v) is 6.08. The summed E-state index contributed by atoms with van der Waals surface area (Å²) in [5.74, 6) is -1.08. The second kappa shape index (κ2) is 5.49. The average Bonchev–Trinajstić information content (AvgIpc) is 2.77. The fourth-order valence-corrected chi connectivity index (χ4v) is 1.88. The quantitative estimate of drug-likeness (QED) is 0.774. The molecule has 0 radical (unpaired) electrons. The second-order valence-corrected chi connectivity index (χ2v) is 5.12. The van der Waals surface area contributed by atoms with Crippen LogP contribution in [0.1, 0.15) is 33.1 Å². The predicted molar refractivity (Wildman–Crippen MR) is 64.8 cm³/mol. The zero-order valence-corrected chi connectivity index (χ0v) is 10.9. The van der Waals surface area contributed by atoms with Gasteiger partial charge in [0, 0.05) is 20.0 Å². The minimum atomic E-state index is -1.14. The molecule has 1 aliphatic heterocycles. The zero-order valence-electron chi connectivity index (χ0n) is 10.9. The molecule has 0 unspecified atom stereocenters. The number of hydrogen-bond donors (Lipinski definition) is 1. The molecule has 1 N–H and O–H groups in total. The van der Waals surface area contributed by atoms with Crippen molar-refractivity contribution in [3.05, 3.63) is 0 Å². The minimum absolute atomic E-state index is 0.107. The molecule has 98 valence electrons. The van der Waals surface area contributed by atoms with E-state index >= 15 is 0 Å². The molecule has 5 nitrogen and oxygen atoms in total. The standard InChI is InChI=1S/C12H22N2O3/c1-12(2,11(16)17)13(3)10(15)6-9-14-7-4-5-8-14/h4-9H2,1-3H3,(H,16,17). The molecule has 0 spiro atoms. The van der Waals surface area contributed by atoms with E-state index in [9.17, 15) is 9.59 Å². The normalized spacial score (nSPS) is 17.1. The molecule has 0 aliphatic carbocycles. The molecular weight excluding hydrogens is 220 g/mol. The van der Waals surface area contributed by atoms with Gasteiger partial charge in [0.15, 0.2) is 0 Å². The van der Waals surface area contributed by atoms with Gasteiger partial charge in [-0.25, -0.2) is 4.79 Å². The Morgan fingerprint density at radius 2 is 1.82 bits per heavy atom. The van der Waals surface area contributed by atoms with Crippen LogP contribution in [0.25, 0.3) is 0 Å². The van der Waals surface area contributed by atoms with Crippen LogP contribution in [0.5, 0.6) is 0 Å². The number of carbonyl (C=O) groups is 2.